The molecule has 0 unspecified atom stereocenters. The van der Waals surface area contributed by atoms with E-state index in [0.29, 0.717) is 22.5 Å². The largest absolute Gasteiger partial charge is 0.280 e. The van der Waals surface area contributed by atoms with Crippen LogP contribution < -0.4 is 10.1 Å². The van der Waals surface area contributed by atoms with Crippen LogP contribution in [0.4, 0.5) is 10.1 Å². The highest BCUT2D eigenvalue weighted by Crippen LogP contribution is 2.23. The summed E-state index contributed by atoms with van der Waals surface area (Å²) in [6.07, 6.45) is 3.23. The van der Waals surface area contributed by atoms with Crippen molar-refractivity contribution >= 4 is 27.8 Å². The van der Waals surface area contributed by atoms with Crippen LogP contribution in [0.15, 0.2) is 119 Å². The third-order valence-corrected chi connectivity index (χ3v) is 7.38. The third-order valence-electron chi connectivity index (χ3n) is 5.98. The Morgan fingerprint density at radius 3 is 2.25 bits per heavy atom. The van der Waals surface area contributed by atoms with Gasteiger partial charge in [-0.2, -0.15) is 10.2 Å². The molecule has 1 heterocycles. The van der Waals surface area contributed by atoms with Gasteiger partial charge in [0, 0.05) is 28.6 Å². The molecule has 200 valence electrons. The van der Waals surface area contributed by atoms with Crippen molar-refractivity contribution < 1.29 is 17.6 Å². The lowest BCUT2D eigenvalue weighted by Crippen LogP contribution is -2.18. The number of hydrazone groups is 1. The molecular formula is C30H24FN5O3S. The van der Waals surface area contributed by atoms with E-state index >= 15 is 0 Å². The van der Waals surface area contributed by atoms with E-state index < -0.39 is 15.9 Å². The van der Waals surface area contributed by atoms with Crippen LogP contribution in [0.3, 0.4) is 0 Å². The fraction of sp³-hybridized carbons (Fsp3) is 0.0333. The van der Waals surface area contributed by atoms with Crippen molar-refractivity contribution in [3.8, 4) is 16.9 Å². The van der Waals surface area contributed by atoms with Crippen molar-refractivity contribution in [3.63, 3.8) is 0 Å². The minimum atomic E-state index is -3.76. The van der Waals surface area contributed by atoms with Gasteiger partial charge in [-0.25, -0.2) is 22.9 Å². The van der Waals surface area contributed by atoms with E-state index in [1.165, 1.54) is 54.7 Å². The van der Waals surface area contributed by atoms with Gasteiger partial charge in [0.15, 0.2) is 0 Å². The van der Waals surface area contributed by atoms with Crippen LogP contribution in [0, 0.1) is 12.7 Å². The normalized spacial score (nSPS) is 11.4. The van der Waals surface area contributed by atoms with Gasteiger partial charge in [-0.1, -0.05) is 35.9 Å². The SMILES string of the molecule is Cc1ccc(S(=O)(=O)Nc2ccc(C(=O)N/N=C\c3cn(-c4ccccc4)nc3-c3ccc(F)cc3)cc2)cc1. The molecule has 0 bridgehead atoms. The molecule has 2 N–H and O–H groups in total. The second-order valence-corrected chi connectivity index (χ2v) is 10.6. The zero-order valence-corrected chi connectivity index (χ0v) is 22.1. The molecule has 0 aliphatic carbocycles. The van der Waals surface area contributed by atoms with Gasteiger partial charge >= 0.3 is 0 Å². The van der Waals surface area contributed by atoms with Gasteiger partial charge in [0.2, 0.25) is 0 Å². The number of aryl methyl sites for hydroxylation is 1. The topological polar surface area (TPSA) is 105 Å². The van der Waals surface area contributed by atoms with Crippen LogP contribution in [-0.2, 0) is 10.0 Å². The van der Waals surface area contributed by atoms with Gasteiger partial charge in [-0.15, -0.1) is 0 Å². The lowest BCUT2D eigenvalue weighted by atomic mass is 10.1. The van der Waals surface area contributed by atoms with Crippen molar-refractivity contribution in [2.24, 2.45) is 5.10 Å². The van der Waals surface area contributed by atoms with Crippen molar-refractivity contribution in [2.75, 3.05) is 4.72 Å². The summed E-state index contributed by atoms with van der Waals surface area (Å²) in [5, 5.41) is 8.73. The third kappa shape index (κ3) is 6.13. The van der Waals surface area contributed by atoms with E-state index in [9.17, 15) is 17.6 Å². The van der Waals surface area contributed by atoms with Crippen LogP contribution in [0.25, 0.3) is 16.9 Å². The van der Waals surface area contributed by atoms with Gasteiger partial charge in [-0.3, -0.25) is 9.52 Å². The Morgan fingerprint density at radius 2 is 1.57 bits per heavy atom. The number of rotatable bonds is 8. The molecule has 1 amide bonds. The highest BCUT2D eigenvalue weighted by atomic mass is 32.2. The maximum Gasteiger partial charge on any atom is 0.271 e. The molecule has 0 saturated carbocycles. The van der Waals surface area contributed by atoms with Crippen LogP contribution in [0.2, 0.25) is 0 Å². The predicted octanol–water partition coefficient (Wildman–Crippen LogP) is 5.55. The van der Waals surface area contributed by atoms with Crippen molar-refractivity contribution in [1.29, 1.82) is 0 Å². The number of carbonyl (C=O) groups is 1. The van der Waals surface area contributed by atoms with Crippen LogP contribution in [-0.4, -0.2) is 30.3 Å². The standard InChI is InChI=1S/C30H24FN5O3S/c1-21-7-17-28(18-8-21)40(38,39)35-26-15-11-23(12-16-26)30(37)33-32-19-24-20-36(27-5-3-2-4-6-27)34-29(24)22-9-13-25(31)14-10-22/h2-20,35H,1H3,(H,33,37)/b32-19-. The molecule has 0 saturated heterocycles. The molecule has 8 nitrogen and oxygen atoms in total. The summed E-state index contributed by atoms with van der Waals surface area (Å²) in [6, 6.07) is 27.9. The highest BCUT2D eigenvalue weighted by molar-refractivity contribution is 7.92. The number of nitrogens with zero attached hydrogens (tertiary/aromatic N) is 3. The minimum absolute atomic E-state index is 0.143. The van der Waals surface area contributed by atoms with E-state index in [-0.39, 0.29) is 16.3 Å². The Kier molecular flexibility index (Phi) is 7.52. The summed E-state index contributed by atoms with van der Waals surface area (Å²) in [5.41, 5.74) is 6.72. The summed E-state index contributed by atoms with van der Waals surface area (Å²) < 4.78 is 42.9. The molecule has 0 spiro atoms. The number of amides is 1. The fourth-order valence-corrected chi connectivity index (χ4v) is 4.93. The first kappa shape index (κ1) is 26.5. The molecule has 0 atom stereocenters. The molecule has 0 radical (unpaired) electrons. The molecular weight excluding hydrogens is 529 g/mol. The number of anilines is 1. The molecule has 40 heavy (non-hydrogen) atoms. The number of sulfonamides is 1. The van der Waals surface area contributed by atoms with Crippen LogP contribution in [0.1, 0.15) is 21.5 Å². The van der Waals surface area contributed by atoms with Crippen LogP contribution in [0.5, 0.6) is 0 Å². The Hall–Kier alpha value is -5.09. The smallest absolute Gasteiger partial charge is 0.271 e. The minimum Gasteiger partial charge on any atom is -0.280 e. The summed E-state index contributed by atoms with van der Waals surface area (Å²) in [7, 11) is -3.76. The van der Waals surface area contributed by atoms with Crippen molar-refractivity contribution in [3.05, 3.63) is 132 Å². The second kappa shape index (κ2) is 11.3. The first-order valence-corrected chi connectivity index (χ1v) is 13.7. The molecule has 1 aromatic heterocycles. The number of benzene rings is 4. The molecule has 5 aromatic rings. The first-order chi connectivity index (χ1) is 19.3. The Balaban J connectivity index is 1.30. The average Bonchev–Trinajstić information content (AvgIpc) is 3.38. The Labute approximate surface area is 230 Å². The first-order valence-electron chi connectivity index (χ1n) is 12.2. The summed E-state index contributed by atoms with van der Waals surface area (Å²) >= 11 is 0. The van der Waals surface area contributed by atoms with Gasteiger partial charge in [-0.05, 0) is 79.7 Å². The number of aromatic nitrogens is 2. The predicted molar refractivity (Wildman–Crippen MR) is 152 cm³/mol. The summed E-state index contributed by atoms with van der Waals surface area (Å²) in [4.78, 5) is 12.8. The van der Waals surface area contributed by atoms with E-state index in [1.54, 1.807) is 35.1 Å². The Morgan fingerprint density at radius 1 is 0.900 bits per heavy atom. The molecule has 0 aliphatic heterocycles. The quantitative estimate of drug-likeness (QED) is 0.194. The van der Waals surface area contributed by atoms with Gasteiger partial charge in [0.05, 0.1) is 16.8 Å². The maximum absolute atomic E-state index is 13.5. The van der Waals surface area contributed by atoms with Crippen molar-refractivity contribution in [2.45, 2.75) is 11.8 Å². The van der Waals surface area contributed by atoms with Gasteiger partial charge < -0.3 is 0 Å². The van der Waals surface area contributed by atoms with Gasteiger partial charge in [0.1, 0.15) is 11.5 Å². The second-order valence-electron chi connectivity index (χ2n) is 8.92. The highest BCUT2D eigenvalue weighted by Gasteiger charge is 2.15. The van der Waals surface area contributed by atoms with E-state index in [0.717, 1.165) is 11.3 Å². The van der Waals surface area contributed by atoms with Crippen LogP contribution >= 0.6 is 0 Å². The molecule has 0 aliphatic rings. The zero-order valence-electron chi connectivity index (χ0n) is 21.3. The maximum atomic E-state index is 13.5. The molecule has 4 aromatic carbocycles. The number of para-hydroxylation sites is 1. The van der Waals surface area contributed by atoms with Gasteiger partial charge in [0.25, 0.3) is 15.9 Å². The van der Waals surface area contributed by atoms with Crippen molar-refractivity contribution in [1.82, 2.24) is 15.2 Å². The fourth-order valence-electron chi connectivity index (χ4n) is 3.87. The number of nitrogens with one attached hydrogen (secondary N) is 2. The molecule has 5 rings (SSSR count). The average molecular weight is 554 g/mol. The van der Waals surface area contributed by atoms with E-state index in [1.807, 2.05) is 37.3 Å². The number of carbonyl (C=O) groups excluding carboxylic acids is 1. The molecule has 0 fully saturated rings. The number of halogens is 1. The van der Waals surface area contributed by atoms with E-state index in [4.69, 9.17) is 0 Å². The lowest BCUT2D eigenvalue weighted by molar-refractivity contribution is 0.0955. The molecule has 10 heteroatoms. The lowest BCUT2D eigenvalue weighted by Gasteiger charge is -2.09. The Bertz CT molecular complexity index is 1770. The van der Waals surface area contributed by atoms with E-state index in [2.05, 4.69) is 20.3 Å². The number of hydrogen-bond acceptors (Lipinski definition) is 5. The number of hydrogen-bond donors (Lipinski definition) is 2. The zero-order chi connectivity index (χ0) is 28.1. The monoisotopic (exact) mass is 553 g/mol. The summed E-state index contributed by atoms with van der Waals surface area (Å²) in [5.74, 6) is -0.842. The summed E-state index contributed by atoms with van der Waals surface area (Å²) in [6.45, 7) is 1.87.